The molecule has 0 aliphatic carbocycles. The smallest absolute Gasteiger partial charge is 0.170 e. The first-order valence-electron chi connectivity index (χ1n) is 7.98. The highest BCUT2D eigenvalue weighted by Crippen LogP contribution is 2.38. The Bertz CT molecular complexity index is 721. The van der Waals surface area contributed by atoms with Crippen LogP contribution in [0.25, 0.3) is 0 Å². The summed E-state index contributed by atoms with van der Waals surface area (Å²) < 4.78 is 12.0. The van der Waals surface area contributed by atoms with Crippen molar-refractivity contribution < 1.29 is 14.3 Å². The van der Waals surface area contributed by atoms with Crippen LogP contribution in [0.15, 0.2) is 48.5 Å². The van der Waals surface area contributed by atoms with Crippen molar-refractivity contribution >= 4 is 5.78 Å². The van der Waals surface area contributed by atoms with Crippen LogP contribution < -0.4 is 14.8 Å². The van der Waals surface area contributed by atoms with Crippen molar-refractivity contribution in [3.63, 3.8) is 0 Å². The van der Waals surface area contributed by atoms with E-state index in [0.29, 0.717) is 24.3 Å². The van der Waals surface area contributed by atoms with Crippen LogP contribution in [-0.4, -0.2) is 24.5 Å². The van der Waals surface area contributed by atoms with Crippen molar-refractivity contribution in [2.75, 3.05) is 13.1 Å². The number of carbonyl (C=O) groups excluding carboxylic acids is 1. The third kappa shape index (κ3) is 2.82. The third-order valence-corrected chi connectivity index (χ3v) is 4.52. The average molecular weight is 309 g/mol. The second-order valence-corrected chi connectivity index (χ2v) is 6.24. The van der Waals surface area contributed by atoms with Crippen LogP contribution in [0.3, 0.4) is 0 Å². The zero-order valence-electron chi connectivity index (χ0n) is 12.9. The fourth-order valence-electron chi connectivity index (χ4n) is 3.26. The molecule has 118 valence electrons. The van der Waals surface area contributed by atoms with Gasteiger partial charge in [-0.15, -0.1) is 0 Å². The van der Waals surface area contributed by atoms with Gasteiger partial charge < -0.3 is 14.8 Å². The van der Waals surface area contributed by atoms with Crippen molar-refractivity contribution in [2.45, 2.75) is 25.0 Å². The predicted octanol–water partition coefficient (Wildman–Crippen LogP) is 2.96. The molecule has 23 heavy (non-hydrogen) atoms. The molecule has 2 aliphatic heterocycles. The minimum absolute atomic E-state index is 0.157. The fourth-order valence-corrected chi connectivity index (χ4v) is 3.26. The van der Waals surface area contributed by atoms with Gasteiger partial charge in [0.1, 0.15) is 23.7 Å². The lowest BCUT2D eigenvalue weighted by Crippen LogP contribution is -2.43. The van der Waals surface area contributed by atoms with Crippen molar-refractivity contribution in [1.29, 1.82) is 0 Å². The zero-order valence-corrected chi connectivity index (χ0v) is 12.9. The van der Waals surface area contributed by atoms with Crippen molar-refractivity contribution in [1.82, 2.24) is 5.32 Å². The minimum atomic E-state index is -0.373. The van der Waals surface area contributed by atoms with E-state index in [1.165, 1.54) is 0 Å². The Kier molecular flexibility index (Phi) is 3.54. The normalized spacial score (nSPS) is 22.7. The van der Waals surface area contributed by atoms with Gasteiger partial charge in [-0.3, -0.25) is 4.79 Å². The van der Waals surface area contributed by atoms with Gasteiger partial charge in [-0.05, 0) is 24.2 Å². The number of ether oxygens (including phenoxy) is 2. The van der Waals surface area contributed by atoms with E-state index >= 15 is 0 Å². The van der Waals surface area contributed by atoms with Crippen molar-refractivity contribution in [3.8, 4) is 11.5 Å². The summed E-state index contributed by atoms with van der Waals surface area (Å²) >= 11 is 0. The Balaban J connectivity index is 1.54. The van der Waals surface area contributed by atoms with Gasteiger partial charge in [0.05, 0.1) is 12.0 Å². The van der Waals surface area contributed by atoms with Gasteiger partial charge in [-0.25, -0.2) is 0 Å². The predicted molar refractivity (Wildman–Crippen MR) is 87.0 cm³/mol. The molecule has 4 nitrogen and oxygen atoms in total. The molecule has 0 saturated carbocycles. The molecule has 2 aliphatic rings. The Hall–Kier alpha value is -2.33. The molecule has 4 rings (SSSR count). The van der Waals surface area contributed by atoms with Gasteiger partial charge in [-0.1, -0.05) is 30.3 Å². The highest BCUT2D eigenvalue weighted by atomic mass is 16.5. The molecule has 0 radical (unpaired) electrons. The number of rotatable bonds is 3. The van der Waals surface area contributed by atoms with Crippen LogP contribution in [-0.2, 0) is 6.61 Å². The second-order valence-electron chi connectivity index (χ2n) is 6.24. The lowest BCUT2D eigenvalue weighted by molar-refractivity contribution is 0.0526. The van der Waals surface area contributed by atoms with E-state index in [9.17, 15) is 4.79 Å². The molecule has 1 N–H and O–H groups in total. The largest absolute Gasteiger partial charge is 0.489 e. The topological polar surface area (TPSA) is 47.6 Å². The summed E-state index contributed by atoms with van der Waals surface area (Å²) in [5.41, 5.74) is 1.40. The van der Waals surface area contributed by atoms with Gasteiger partial charge in [0, 0.05) is 19.0 Å². The molecule has 1 atom stereocenters. The lowest BCUT2D eigenvalue weighted by Gasteiger charge is -2.34. The summed E-state index contributed by atoms with van der Waals surface area (Å²) in [4.78, 5) is 12.4. The quantitative estimate of drug-likeness (QED) is 0.947. The Labute approximate surface area is 135 Å². The van der Waals surface area contributed by atoms with Crippen LogP contribution in [0.1, 0.15) is 28.8 Å². The standard InChI is InChI=1S/C19H19NO3/c21-17-11-19(8-9-20-13-19)23-18-10-15(6-7-16(17)18)22-12-14-4-2-1-3-5-14/h1-7,10,20H,8-9,11-13H2/t19-/m0/s1. The molecule has 0 aromatic heterocycles. The van der Waals surface area contributed by atoms with Gasteiger partial charge in [0.25, 0.3) is 0 Å². The molecule has 4 heteroatoms. The van der Waals surface area contributed by atoms with E-state index in [1.54, 1.807) is 0 Å². The fraction of sp³-hybridized carbons (Fsp3) is 0.316. The van der Waals surface area contributed by atoms with Crippen molar-refractivity contribution in [3.05, 3.63) is 59.7 Å². The summed E-state index contributed by atoms with van der Waals surface area (Å²) in [6, 6.07) is 15.5. The zero-order chi connectivity index (χ0) is 15.7. The average Bonchev–Trinajstić information content (AvgIpc) is 3.01. The lowest BCUT2D eigenvalue weighted by atomic mass is 9.89. The molecule has 2 heterocycles. The van der Waals surface area contributed by atoms with E-state index in [1.807, 2.05) is 48.5 Å². The molecule has 2 aromatic rings. The van der Waals surface area contributed by atoms with E-state index in [2.05, 4.69) is 5.32 Å². The summed E-state index contributed by atoms with van der Waals surface area (Å²) in [5, 5.41) is 3.29. The Morgan fingerprint density at radius 1 is 1.17 bits per heavy atom. The second kappa shape index (κ2) is 5.70. The minimum Gasteiger partial charge on any atom is -0.489 e. The first-order valence-corrected chi connectivity index (χ1v) is 7.98. The highest BCUT2D eigenvalue weighted by Gasteiger charge is 2.42. The number of benzene rings is 2. The number of carbonyl (C=O) groups is 1. The maximum Gasteiger partial charge on any atom is 0.170 e. The maximum atomic E-state index is 12.4. The van der Waals surface area contributed by atoms with Gasteiger partial charge >= 0.3 is 0 Å². The number of ketones is 1. The number of hydrogen-bond donors (Lipinski definition) is 1. The molecule has 0 amide bonds. The summed E-state index contributed by atoms with van der Waals surface area (Å²) in [7, 11) is 0. The first-order chi connectivity index (χ1) is 11.2. The van der Waals surface area contributed by atoms with Crippen LogP contribution >= 0.6 is 0 Å². The molecule has 1 spiro atoms. The number of Topliss-reactive ketones (excluding diaryl/α,β-unsaturated/α-hetero) is 1. The monoisotopic (exact) mass is 309 g/mol. The van der Waals surface area contributed by atoms with Gasteiger partial charge in [0.15, 0.2) is 5.78 Å². The summed E-state index contributed by atoms with van der Waals surface area (Å²) in [6.07, 6.45) is 1.32. The van der Waals surface area contributed by atoms with Crippen molar-refractivity contribution in [2.24, 2.45) is 0 Å². The van der Waals surface area contributed by atoms with Gasteiger partial charge in [-0.2, -0.15) is 0 Å². The van der Waals surface area contributed by atoms with Crippen LogP contribution in [0.2, 0.25) is 0 Å². The first kappa shape index (κ1) is 14.3. The Morgan fingerprint density at radius 2 is 2.04 bits per heavy atom. The van der Waals surface area contributed by atoms with Crippen LogP contribution in [0.4, 0.5) is 0 Å². The van der Waals surface area contributed by atoms with Crippen LogP contribution in [0, 0.1) is 0 Å². The van der Waals surface area contributed by atoms with E-state index in [4.69, 9.17) is 9.47 Å². The molecule has 1 fully saturated rings. The molecule has 0 bridgehead atoms. The number of hydrogen-bond acceptors (Lipinski definition) is 4. The third-order valence-electron chi connectivity index (χ3n) is 4.52. The molecule has 2 aromatic carbocycles. The Morgan fingerprint density at radius 3 is 2.83 bits per heavy atom. The summed E-state index contributed by atoms with van der Waals surface area (Å²) in [6.45, 7) is 2.13. The maximum absolute atomic E-state index is 12.4. The summed E-state index contributed by atoms with van der Waals surface area (Å²) in [5.74, 6) is 1.53. The molecule has 1 saturated heterocycles. The molecular weight excluding hydrogens is 290 g/mol. The highest BCUT2D eigenvalue weighted by molar-refractivity contribution is 6.00. The van der Waals surface area contributed by atoms with E-state index in [0.717, 1.165) is 30.8 Å². The van der Waals surface area contributed by atoms with Crippen LogP contribution in [0.5, 0.6) is 11.5 Å². The van der Waals surface area contributed by atoms with E-state index in [-0.39, 0.29) is 11.4 Å². The van der Waals surface area contributed by atoms with Gasteiger partial charge in [0.2, 0.25) is 0 Å². The molecule has 0 unspecified atom stereocenters. The van der Waals surface area contributed by atoms with E-state index < -0.39 is 0 Å². The SMILES string of the molecule is O=C1C[C@]2(CCNC2)Oc2cc(OCc3ccccc3)ccc21. The number of fused-ring (bicyclic) bond motifs is 1. The molecular formula is C19H19NO3. The number of nitrogens with one attached hydrogen (secondary N) is 1.